The second-order valence-electron chi connectivity index (χ2n) is 3.16. The van der Waals surface area contributed by atoms with Gasteiger partial charge < -0.3 is 10.2 Å². The number of methoxy groups -OCH3 is 1. The number of hydrogen-bond acceptors (Lipinski definition) is 3. The molecule has 0 aliphatic carbocycles. The largest absolute Gasteiger partial charge is 0.503 e. The standard InChI is InChI=1S/C6H15BN2O/c1-6(2,7)5(9-8)4-10-3/h4,9H,7-8H2,1-3H3/b5-4+. The molecular weight excluding hydrogens is 127 g/mol. The summed E-state index contributed by atoms with van der Waals surface area (Å²) in [7, 11) is 3.65. The first kappa shape index (κ1) is 9.36. The van der Waals surface area contributed by atoms with Gasteiger partial charge in [-0.15, -0.1) is 0 Å². The van der Waals surface area contributed by atoms with E-state index in [1.165, 1.54) is 0 Å². The van der Waals surface area contributed by atoms with Crippen LogP contribution in [0.15, 0.2) is 12.0 Å². The van der Waals surface area contributed by atoms with E-state index >= 15 is 0 Å². The lowest BCUT2D eigenvalue weighted by Crippen LogP contribution is -2.28. The van der Waals surface area contributed by atoms with Gasteiger partial charge in [-0.2, -0.15) is 0 Å². The molecule has 0 aliphatic heterocycles. The molecule has 58 valence electrons. The zero-order chi connectivity index (χ0) is 8.20. The third-order valence-electron chi connectivity index (χ3n) is 1.20. The summed E-state index contributed by atoms with van der Waals surface area (Å²) >= 11 is 0. The summed E-state index contributed by atoms with van der Waals surface area (Å²) in [4.78, 5) is 0. The summed E-state index contributed by atoms with van der Waals surface area (Å²) < 4.78 is 4.82. The van der Waals surface area contributed by atoms with Gasteiger partial charge in [0.25, 0.3) is 0 Å². The van der Waals surface area contributed by atoms with Crippen LogP contribution in [0.1, 0.15) is 13.8 Å². The molecular formula is C6H15BN2O. The van der Waals surface area contributed by atoms with Gasteiger partial charge in [-0.3, -0.25) is 5.84 Å². The third kappa shape index (κ3) is 2.78. The minimum absolute atomic E-state index is 0.0186. The van der Waals surface area contributed by atoms with E-state index in [9.17, 15) is 0 Å². The Morgan fingerprint density at radius 1 is 1.70 bits per heavy atom. The van der Waals surface area contributed by atoms with Crippen LogP contribution in [0.4, 0.5) is 0 Å². The number of rotatable bonds is 3. The number of hydrazine groups is 1. The number of ether oxygens (including phenoxy) is 1. The van der Waals surface area contributed by atoms with Crippen LogP contribution in [0.25, 0.3) is 0 Å². The van der Waals surface area contributed by atoms with Crippen molar-refractivity contribution in [2.45, 2.75) is 19.2 Å². The molecule has 10 heavy (non-hydrogen) atoms. The highest BCUT2D eigenvalue weighted by molar-refractivity contribution is 6.16. The summed E-state index contributed by atoms with van der Waals surface area (Å²) in [6.45, 7) is 4.11. The summed E-state index contributed by atoms with van der Waals surface area (Å²) in [5, 5.41) is 0.0186. The highest BCUT2D eigenvalue weighted by Crippen LogP contribution is 2.26. The van der Waals surface area contributed by atoms with Crippen molar-refractivity contribution in [1.82, 2.24) is 5.43 Å². The maximum Gasteiger partial charge on any atom is 0.116 e. The van der Waals surface area contributed by atoms with Crippen LogP contribution in [-0.2, 0) is 4.74 Å². The Labute approximate surface area is 63.0 Å². The van der Waals surface area contributed by atoms with Crippen molar-refractivity contribution in [3.8, 4) is 0 Å². The van der Waals surface area contributed by atoms with E-state index in [1.54, 1.807) is 13.4 Å². The van der Waals surface area contributed by atoms with Gasteiger partial charge in [-0.1, -0.05) is 13.8 Å². The lowest BCUT2D eigenvalue weighted by atomic mass is 9.70. The molecule has 4 heteroatoms. The Balaban J connectivity index is 4.21. The highest BCUT2D eigenvalue weighted by atomic mass is 16.5. The molecule has 0 aromatic carbocycles. The SMILES string of the molecule is BC(C)(C)/C(=C\OC)NN. The van der Waals surface area contributed by atoms with Crippen LogP contribution in [0.2, 0.25) is 5.31 Å². The molecule has 0 heterocycles. The summed E-state index contributed by atoms with van der Waals surface area (Å²) in [6, 6.07) is 0. The van der Waals surface area contributed by atoms with Gasteiger partial charge in [-0.05, 0) is 5.31 Å². The first-order chi connectivity index (χ1) is 4.52. The van der Waals surface area contributed by atoms with Crippen molar-refractivity contribution in [3.05, 3.63) is 12.0 Å². The molecule has 0 amide bonds. The summed E-state index contributed by atoms with van der Waals surface area (Å²) in [6.07, 6.45) is 1.61. The van der Waals surface area contributed by atoms with Crippen LogP contribution in [0, 0.1) is 0 Å². The van der Waals surface area contributed by atoms with Gasteiger partial charge in [-0.25, -0.2) is 0 Å². The van der Waals surface area contributed by atoms with Crippen molar-refractivity contribution >= 4 is 7.85 Å². The molecule has 0 bridgehead atoms. The summed E-state index contributed by atoms with van der Waals surface area (Å²) in [5.41, 5.74) is 3.46. The molecule has 0 aromatic rings. The number of allylic oxidation sites excluding steroid dienone is 1. The van der Waals surface area contributed by atoms with Crippen molar-refractivity contribution in [1.29, 1.82) is 0 Å². The van der Waals surface area contributed by atoms with E-state index in [0.29, 0.717) is 0 Å². The minimum Gasteiger partial charge on any atom is -0.503 e. The van der Waals surface area contributed by atoms with E-state index in [-0.39, 0.29) is 5.31 Å². The van der Waals surface area contributed by atoms with Gasteiger partial charge in [0.05, 0.1) is 12.8 Å². The zero-order valence-corrected chi connectivity index (χ0v) is 7.06. The second kappa shape index (κ2) is 3.51. The molecule has 0 aromatic heterocycles. The highest BCUT2D eigenvalue weighted by Gasteiger charge is 2.15. The van der Waals surface area contributed by atoms with Gasteiger partial charge in [0, 0.05) is 0 Å². The maximum absolute atomic E-state index is 5.25. The fourth-order valence-electron chi connectivity index (χ4n) is 0.545. The van der Waals surface area contributed by atoms with Crippen LogP contribution in [0.5, 0.6) is 0 Å². The van der Waals surface area contributed by atoms with Gasteiger partial charge >= 0.3 is 0 Å². The van der Waals surface area contributed by atoms with Gasteiger partial charge in [0.1, 0.15) is 14.1 Å². The van der Waals surface area contributed by atoms with Crippen molar-refractivity contribution in [2.24, 2.45) is 5.84 Å². The number of nitrogens with two attached hydrogens (primary N) is 1. The smallest absolute Gasteiger partial charge is 0.116 e. The monoisotopic (exact) mass is 142 g/mol. The second-order valence-corrected chi connectivity index (χ2v) is 3.16. The average molecular weight is 142 g/mol. The van der Waals surface area contributed by atoms with Crippen molar-refractivity contribution < 1.29 is 4.74 Å². The molecule has 0 spiro atoms. The Morgan fingerprint density at radius 3 is 2.30 bits per heavy atom. The molecule has 0 aliphatic rings. The van der Waals surface area contributed by atoms with Crippen LogP contribution >= 0.6 is 0 Å². The predicted molar refractivity (Wildman–Crippen MR) is 45.0 cm³/mol. The molecule has 0 radical (unpaired) electrons. The molecule has 0 saturated heterocycles. The van der Waals surface area contributed by atoms with E-state index in [0.717, 1.165) is 5.70 Å². The minimum atomic E-state index is 0.0186. The van der Waals surface area contributed by atoms with E-state index < -0.39 is 0 Å². The molecule has 0 fully saturated rings. The maximum atomic E-state index is 5.25. The van der Waals surface area contributed by atoms with Crippen LogP contribution < -0.4 is 11.3 Å². The molecule has 0 atom stereocenters. The van der Waals surface area contributed by atoms with Crippen LogP contribution in [-0.4, -0.2) is 15.0 Å². The van der Waals surface area contributed by atoms with Crippen molar-refractivity contribution in [2.75, 3.05) is 7.11 Å². The quantitative estimate of drug-likeness (QED) is 0.247. The van der Waals surface area contributed by atoms with E-state index in [2.05, 4.69) is 27.1 Å². The number of hydrogen-bond donors (Lipinski definition) is 2. The van der Waals surface area contributed by atoms with E-state index in [4.69, 9.17) is 10.6 Å². The van der Waals surface area contributed by atoms with Gasteiger partial charge in [0.15, 0.2) is 0 Å². The average Bonchev–Trinajstić information content (AvgIpc) is 1.80. The lowest BCUT2D eigenvalue weighted by Gasteiger charge is -2.21. The summed E-state index contributed by atoms with van der Waals surface area (Å²) in [5.74, 6) is 5.25. The molecule has 0 saturated carbocycles. The first-order valence-electron chi connectivity index (χ1n) is 3.22. The third-order valence-corrected chi connectivity index (χ3v) is 1.20. The lowest BCUT2D eigenvalue weighted by molar-refractivity contribution is 0.326. The Hall–Kier alpha value is -0.635. The molecule has 3 nitrogen and oxygen atoms in total. The molecule has 0 unspecified atom stereocenters. The fourth-order valence-corrected chi connectivity index (χ4v) is 0.545. The topological polar surface area (TPSA) is 47.3 Å². The van der Waals surface area contributed by atoms with E-state index in [1.807, 2.05) is 0 Å². The number of nitrogens with one attached hydrogen (secondary N) is 1. The van der Waals surface area contributed by atoms with Crippen molar-refractivity contribution in [3.63, 3.8) is 0 Å². The normalized spacial score (nSPS) is 13.0. The van der Waals surface area contributed by atoms with Gasteiger partial charge in [0.2, 0.25) is 0 Å². The molecule has 0 rings (SSSR count). The Kier molecular flexibility index (Phi) is 3.29. The fraction of sp³-hybridized carbons (Fsp3) is 0.667. The van der Waals surface area contributed by atoms with Crippen LogP contribution in [0.3, 0.4) is 0 Å². The predicted octanol–water partition coefficient (Wildman–Crippen LogP) is -0.231. The Bertz CT molecular complexity index is 128. The molecule has 3 N–H and O–H groups in total. The first-order valence-corrected chi connectivity index (χ1v) is 3.22. The zero-order valence-electron chi connectivity index (χ0n) is 7.06. The Morgan fingerprint density at radius 2 is 2.20 bits per heavy atom.